The van der Waals surface area contributed by atoms with Crippen molar-refractivity contribution in [1.29, 1.82) is 0 Å². The van der Waals surface area contributed by atoms with Gasteiger partial charge in [-0.15, -0.1) is 0 Å². The van der Waals surface area contributed by atoms with Crippen molar-refractivity contribution in [2.75, 3.05) is 4.90 Å². The minimum absolute atomic E-state index is 0.875. The lowest BCUT2D eigenvalue weighted by molar-refractivity contribution is 0.673. The Morgan fingerprint density at radius 3 is 1.54 bits per heavy atom. The van der Waals surface area contributed by atoms with Crippen molar-refractivity contribution >= 4 is 71.6 Å². The molecule has 67 heavy (non-hydrogen) atoms. The topological polar surface area (TPSA) is 21.3 Å². The van der Waals surface area contributed by atoms with Gasteiger partial charge < -0.3 is 13.9 Å². The summed E-state index contributed by atoms with van der Waals surface area (Å²) in [6.45, 7) is 0. The number of fused-ring (bicyclic) bond motifs is 8. The van der Waals surface area contributed by atoms with Crippen LogP contribution in [-0.4, -0.2) is 4.57 Å². The van der Waals surface area contributed by atoms with Crippen LogP contribution >= 0.6 is 0 Å². The lowest BCUT2D eigenvalue weighted by atomic mass is 9.98. The van der Waals surface area contributed by atoms with Gasteiger partial charge in [0.15, 0.2) is 0 Å². The van der Waals surface area contributed by atoms with E-state index in [4.69, 9.17) is 4.42 Å². The van der Waals surface area contributed by atoms with Crippen molar-refractivity contribution < 1.29 is 4.42 Å². The summed E-state index contributed by atoms with van der Waals surface area (Å²) >= 11 is 0. The van der Waals surface area contributed by atoms with Crippen molar-refractivity contribution in [3.8, 4) is 50.2 Å². The highest BCUT2D eigenvalue weighted by Crippen LogP contribution is 2.44. The van der Waals surface area contributed by atoms with E-state index in [2.05, 4.69) is 264 Å². The predicted octanol–water partition coefficient (Wildman–Crippen LogP) is 18.0. The van der Waals surface area contributed by atoms with Gasteiger partial charge in [0.05, 0.1) is 16.7 Å². The molecule has 13 aromatic rings. The fraction of sp³-hybridized carbons (Fsp3) is 0. The molecule has 3 heteroatoms. The highest BCUT2D eigenvalue weighted by molar-refractivity contribution is 6.15. The van der Waals surface area contributed by atoms with E-state index in [1.807, 2.05) is 0 Å². The SMILES string of the molecule is c1ccc(-c2cccc(-c3ccc(N(c4ccc(-c5cccc(-n6c7ccccc7c7ccccc76)c5)cc4)c4ccccc4-c4ccc5c(c4)oc4c6ccccc6ccc54)cc3)c2)cc1. The second kappa shape index (κ2) is 16.0. The third-order valence-electron chi connectivity index (χ3n) is 13.4. The molecule has 2 heterocycles. The summed E-state index contributed by atoms with van der Waals surface area (Å²) in [5.74, 6) is 0. The van der Waals surface area contributed by atoms with Gasteiger partial charge in [-0.25, -0.2) is 0 Å². The van der Waals surface area contributed by atoms with Crippen LogP contribution in [0.3, 0.4) is 0 Å². The number of aromatic nitrogens is 1. The summed E-state index contributed by atoms with van der Waals surface area (Å²) < 4.78 is 9.09. The van der Waals surface area contributed by atoms with Gasteiger partial charge in [0.25, 0.3) is 0 Å². The molecule has 0 fully saturated rings. The first-order chi connectivity index (χ1) is 33.2. The first kappa shape index (κ1) is 38.5. The van der Waals surface area contributed by atoms with Crippen LogP contribution in [-0.2, 0) is 0 Å². The Kier molecular flexibility index (Phi) is 9.17. The van der Waals surface area contributed by atoms with E-state index in [-0.39, 0.29) is 0 Å². The fourth-order valence-electron chi connectivity index (χ4n) is 10.2. The Morgan fingerprint density at radius 2 is 0.836 bits per heavy atom. The van der Waals surface area contributed by atoms with E-state index in [0.29, 0.717) is 0 Å². The lowest BCUT2D eigenvalue weighted by Crippen LogP contribution is -2.11. The summed E-state index contributed by atoms with van der Waals surface area (Å²) in [6, 6.07) is 91.8. The van der Waals surface area contributed by atoms with Crippen LogP contribution in [0.2, 0.25) is 0 Å². The number of anilines is 3. The standard InChI is InChI=1S/C64H42N2O/c1-2-14-43(15-3-1)47-17-12-18-48(40-47)44-28-34-51(35-29-44)65(60-25-9-6-21-54(60)50-33-38-58-59-39-32-46-16-4-5-22-55(46)64(59)67-63(58)42-50)52-36-30-45(31-37-52)49-19-13-20-53(41-49)66-61-26-10-7-23-56(61)57-24-8-11-27-62(57)66/h1-42H. The highest BCUT2D eigenvalue weighted by atomic mass is 16.3. The van der Waals surface area contributed by atoms with E-state index in [9.17, 15) is 0 Å². The first-order valence-electron chi connectivity index (χ1n) is 22.9. The maximum Gasteiger partial charge on any atom is 0.143 e. The molecule has 0 radical (unpaired) electrons. The van der Waals surface area contributed by atoms with Crippen molar-refractivity contribution in [2.45, 2.75) is 0 Å². The Bertz CT molecular complexity index is 3920. The Balaban J connectivity index is 0.916. The molecule has 0 aliphatic heterocycles. The average Bonchev–Trinajstić information content (AvgIpc) is 3.96. The quantitative estimate of drug-likeness (QED) is 0.152. The van der Waals surface area contributed by atoms with Gasteiger partial charge in [0, 0.05) is 49.6 Å². The molecule has 0 saturated heterocycles. The van der Waals surface area contributed by atoms with Crippen molar-refractivity contribution in [1.82, 2.24) is 4.57 Å². The zero-order chi connectivity index (χ0) is 44.3. The zero-order valence-corrected chi connectivity index (χ0v) is 36.6. The average molecular weight is 855 g/mol. The largest absolute Gasteiger partial charge is 0.455 e. The fourth-order valence-corrected chi connectivity index (χ4v) is 10.2. The van der Waals surface area contributed by atoms with Crippen LogP contribution in [0.25, 0.3) is 105 Å². The van der Waals surface area contributed by atoms with Crippen LogP contribution in [0.1, 0.15) is 0 Å². The van der Waals surface area contributed by atoms with Crippen molar-refractivity contribution in [3.05, 3.63) is 255 Å². The number of furan rings is 1. The molecule has 0 bridgehead atoms. The summed E-state index contributed by atoms with van der Waals surface area (Å²) in [6.07, 6.45) is 0. The van der Waals surface area contributed by atoms with E-state index in [1.165, 1.54) is 43.9 Å². The van der Waals surface area contributed by atoms with Crippen molar-refractivity contribution in [3.63, 3.8) is 0 Å². The molecule has 0 N–H and O–H groups in total. The number of hydrogen-bond acceptors (Lipinski definition) is 2. The van der Waals surface area contributed by atoms with E-state index in [0.717, 1.165) is 77.9 Å². The third kappa shape index (κ3) is 6.67. The molecule has 2 aromatic heterocycles. The Hall–Kier alpha value is -8.92. The summed E-state index contributed by atoms with van der Waals surface area (Å²) in [5.41, 5.74) is 17.8. The highest BCUT2D eigenvalue weighted by Gasteiger charge is 2.20. The van der Waals surface area contributed by atoms with E-state index in [1.54, 1.807) is 0 Å². The molecule has 3 nitrogen and oxygen atoms in total. The lowest BCUT2D eigenvalue weighted by Gasteiger charge is -2.28. The second-order valence-electron chi connectivity index (χ2n) is 17.3. The molecular formula is C64H42N2O. The first-order valence-corrected chi connectivity index (χ1v) is 22.9. The summed E-state index contributed by atoms with van der Waals surface area (Å²) in [4.78, 5) is 2.38. The van der Waals surface area contributed by atoms with Gasteiger partial charge in [-0.1, -0.05) is 176 Å². The van der Waals surface area contributed by atoms with Crippen LogP contribution in [0.5, 0.6) is 0 Å². The van der Waals surface area contributed by atoms with Gasteiger partial charge in [-0.05, 0) is 123 Å². The number of rotatable bonds is 8. The minimum atomic E-state index is 0.875. The molecule has 0 atom stereocenters. The maximum atomic E-state index is 6.70. The number of benzene rings is 11. The smallest absolute Gasteiger partial charge is 0.143 e. The van der Waals surface area contributed by atoms with Gasteiger partial charge in [-0.2, -0.15) is 0 Å². The summed E-state index contributed by atoms with van der Waals surface area (Å²) in [7, 11) is 0. The molecule has 0 spiro atoms. The summed E-state index contributed by atoms with van der Waals surface area (Å²) in [5, 5.41) is 7.06. The molecule has 13 rings (SSSR count). The molecular weight excluding hydrogens is 813 g/mol. The van der Waals surface area contributed by atoms with Crippen LogP contribution in [0, 0.1) is 0 Å². The van der Waals surface area contributed by atoms with E-state index < -0.39 is 0 Å². The van der Waals surface area contributed by atoms with Crippen LogP contribution in [0.15, 0.2) is 259 Å². The second-order valence-corrected chi connectivity index (χ2v) is 17.3. The van der Waals surface area contributed by atoms with Gasteiger partial charge in [-0.3, -0.25) is 0 Å². The van der Waals surface area contributed by atoms with Gasteiger partial charge in [0.1, 0.15) is 11.2 Å². The molecule has 0 aliphatic carbocycles. The molecule has 314 valence electrons. The monoisotopic (exact) mass is 854 g/mol. The predicted molar refractivity (Wildman–Crippen MR) is 282 cm³/mol. The normalized spacial score (nSPS) is 11.6. The van der Waals surface area contributed by atoms with Gasteiger partial charge >= 0.3 is 0 Å². The molecule has 0 unspecified atom stereocenters. The van der Waals surface area contributed by atoms with Crippen molar-refractivity contribution in [2.24, 2.45) is 0 Å². The third-order valence-corrected chi connectivity index (χ3v) is 13.4. The van der Waals surface area contributed by atoms with Gasteiger partial charge in [0.2, 0.25) is 0 Å². The number of para-hydroxylation sites is 3. The van der Waals surface area contributed by atoms with Crippen LogP contribution < -0.4 is 4.90 Å². The maximum absolute atomic E-state index is 6.70. The molecule has 0 amide bonds. The molecule has 11 aromatic carbocycles. The van der Waals surface area contributed by atoms with Crippen LogP contribution in [0.4, 0.5) is 17.1 Å². The zero-order valence-electron chi connectivity index (χ0n) is 36.6. The number of hydrogen-bond donors (Lipinski definition) is 0. The van der Waals surface area contributed by atoms with E-state index >= 15 is 0 Å². The molecule has 0 saturated carbocycles. The Labute approximate surface area is 388 Å². The Morgan fingerprint density at radius 1 is 0.313 bits per heavy atom. The molecule has 0 aliphatic rings. The minimum Gasteiger partial charge on any atom is -0.455 e. The number of nitrogens with zero attached hydrogens (tertiary/aromatic N) is 2.